The van der Waals surface area contributed by atoms with E-state index in [-0.39, 0.29) is 17.6 Å². The summed E-state index contributed by atoms with van der Waals surface area (Å²) in [5, 5.41) is 0. The molecular weight excluding hydrogens is 310 g/mol. The van der Waals surface area contributed by atoms with Gasteiger partial charge >= 0.3 is 6.09 Å². The first-order valence-corrected chi connectivity index (χ1v) is 8.62. The molecule has 138 valence electrons. The van der Waals surface area contributed by atoms with E-state index in [1.54, 1.807) is 4.90 Å². The molecule has 0 spiro atoms. The minimum absolute atomic E-state index is 0.0177. The first-order valence-electron chi connectivity index (χ1n) is 8.62. The number of carbonyl (C=O) groups excluding carboxylic acids is 2. The number of rotatable bonds is 3. The number of likely N-dealkylation sites (tertiary alicyclic amines) is 1. The standard InChI is InChI=1S/C17H31N3O4/c1-12-8-19(9-13(23-12)14(18)21)10-17(5)6-7-20(11-17)15(22)24-16(2,3)4/h12-13H,6-11H2,1-5H3,(H2,18,21)/t12-,13-,17-/m1/s1. The van der Waals surface area contributed by atoms with E-state index >= 15 is 0 Å². The van der Waals surface area contributed by atoms with Crippen LogP contribution in [0.2, 0.25) is 0 Å². The van der Waals surface area contributed by atoms with Gasteiger partial charge in [0.1, 0.15) is 11.7 Å². The third-order valence-corrected chi connectivity index (χ3v) is 4.47. The van der Waals surface area contributed by atoms with Gasteiger partial charge in [0.2, 0.25) is 5.91 Å². The Morgan fingerprint density at radius 1 is 1.33 bits per heavy atom. The van der Waals surface area contributed by atoms with E-state index in [2.05, 4.69) is 11.8 Å². The second-order valence-corrected chi connectivity index (χ2v) is 8.49. The molecule has 7 nitrogen and oxygen atoms in total. The highest BCUT2D eigenvalue weighted by Crippen LogP contribution is 2.32. The van der Waals surface area contributed by atoms with Crippen LogP contribution >= 0.6 is 0 Å². The highest BCUT2D eigenvalue weighted by atomic mass is 16.6. The van der Waals surface area contributed by atoms with Crippen molar-refractivity contribution in [1.29, 1.82) is 0 Å². The largest absolute Gasteiger partial charge is 0.444 e. The summed E-state index contributed by atoms with van der Waals surface area (Å²) in [5.74, 6) is -0.418. The van der Waals surface area contributed by atoms with Crippen molar-refractivity contribution < 1.29 is 19.1 Å². The van der Waals surface area contributed by atoms with Crippen LogP contribution < -0.4 is 5.73 Å². The molecule has 2 saturated heterocycles. The highest BCUT2D eigenvalue weighted by Gasteiger charge is 2.40. The summed E-state index contributed by atoms with van der Waals surface area (Å²) in [5.41, 5.74) is 4.89. The van der Waals surface area contributed by atoms with Crippen LogP contribution in [0.1, 0.15) is 41.0 Å². The number of ether oxygens (including phenoxy) is 2. The quantitative estimate of drug-likeness (QED) is 0.834. The summed E-state index contributed by atoms with van der Waals surface area (Å²) >= 11 is 0. The first-order chi connectivity index (χ1) is 11.0. The number of nitrogens with zero attached hydrogens (tertiary/aromatic N) is 2. The van der Waals surface area contributed by atoms with Gasteiger partial charge in [-0.1, -0.05) is 6.92 Å². The van der Waals surface area contributed by atoms with Crippen molar-refractivity contribution in [2.75, 3.05) is 32.7 Å². The van der Waals surface area contributed by atoms with E-state index in [9.17, 15) is 9.59 Å². The van der Waals surface area contributed by atoms with Gasteiger partial charge in [0.05, 0.1) is 6.10 Å². The van der Waals surface area contributed by atoms with Gasteiger partial charge in [-0.05, 0) is 39.5 Å². The Kier molecular flexibility index (Phi) is 5.44. The number of amides is 2. The van der Waals surface area contributed by atoms with Gasteiger partial charge in [-0.3, -0.25) is 9.69 Å². The zero-order valence-electron chi connectivity index (χ0n) is 15.5. The monoisotopic (exact) mass is 341 g/mol. The molecule has 0 saturated carbocycles. The van der Waals surface area contributed by atoms with Crippen LogP contribution in [0.15, 0.2) is 0 Å². The number of carbonyl (C=O) groups is 2. The van der Waals surface area contributed by atoms with Crippen LogP contribution in [-0.2, 0) is 14.3 Å². The van der Waals surface area contributed by atoms with Crippen LogP contribution in [0.25, 0.3) is 0 Å². The van der Waals surface area contributed by atoms with Crippen molar-refractivity contribution >= 4 is 12.0 Å². The van der Waals surface area contributed by atoms with E-state index in [0.717, 1.165) is 19.5 Å². The van der Waals surface area contributed by atoms with E-state index in [0.29, 0.717) is 19.6 Å². The predicted octanol–water partition coefficient (Wildman–Crippen LogP) is 1.21. The number of nitrogens with two attached hydrogens (primary N) is 1. The van der Waals surface area contributed by atoms with E-state index in [1.807, 2.05) is 27.7 Å². The molecule has 0 aromatic heterocycles. The molecule has 2 fully saturated rings. The van der Waals surface area contributed by atoms with Crippen molar-refractivity contribution in [3.63, 3.8) is 0 Å². The molecule has 3 atom stereocenters. The van der Waals surface area contributed by atoms with E-state index in [1.165, 1.54) is 0 Å². The van der Waals surface area contributed by atoms with E-state index < -0.39 is 17.6 Å². The minimum atomic E-state index is -0.555. The lowest BCUT2D eigenvalue weighted by atomic mass is 9.88. The summed E-state index contributed by atoms with van der Waals surface area (Å²) in [6.45, 7) is 13.2. The van der Waals surface area contributed by atoms with Crippen LogP contribution in [0.5, 0.6) is 0 Å². The van der Waals surface area contributed by atoms with Crippen LogP contribution in [0.3, 0.4) is 0 Å². The lowest BCUT2D eigenvalue weighted by Crippen LogP contribution is -2.54. The highest BCUT2D eigenvalue weighted by molar-refractivity contribution is 5.79. The molecule has 2 amide bonds. The molecule has 0 aromatic rings. The number of hydrogen-bond donors (Lipinski definition) is 1. The van der Waals surface area contributed by atoms with E-state index in [4.69, 9.17) is 15.2 Å². The van der Waals surface area contributed by atoms with Gasteiger partial charge in [-0.25, -0.2) is 4.79 Å². The summed E-state index contributed by atoms with van der Waals surface area (Å²) in [7, 11) is 0. The first kappa shape index (κ1) is 19.0. The lowest BCUT2D eigenvalue weighted by Gasteiger charge is -2.39. The molecule has 0 unspecified atom stereocenters. The van der Waals surface area contributed by atoms with Crippen LogP contribution in [0, 0.1) is 5.41 Å². The predicted molar refractivity (Wildman–Crippen MR) is 90.5 cm³/mol. The zero-order chi connectivity index (χ0) is 18.1. The summed E-state index contributed by atoms with van der Waals surface area (Å²) in [4.78, 5) is 27.7. The van der Waals surface area contributed by atoms with Crippen molar-refractivity contribution in [2.45, 2.75) is 58.8 Å². The third kappa shape index (κ3) is 5.08. The Morgan fingerprint density at radius 3 is 2.58 bits per heavy atom. The molecule has 0 aliphatic carbocycles. The molecule has 2 heterocycles. The summed E-state index contributed by atoms with van der Waals surface area (Å²) in [6, 6.07) is 0. The van der Waals surface area contributed by atoms with Crippen molar-refractivity contribution in [3.05, 3.63) is 0 Å². The molecule has 2 aliphatic rings. The molecule has 0 bridgehead atoms. The zero-order valence-corrected chi connectivity index (χ0v) is 15.5. The Labute approximate surface area is 144 Å². The van der Waals surface area contributed by atoms with Gasteiger partial charge < -0.3 is 20.1 Å². The average molecular weight is 341 g/mol. The normalized spacial score (nSPS) is 32.0. The maximum absolute atomic E-state index is 12.2. The van der Waals surface area contributed by atoms with Crippen molar-refractivity contribution in [3.8, 4) is 0 Å². The number of morpholine rings is 1. The molecular formula is C17H31N3O4. The number of hydrogen-bond acceptors (Lipinski definition) is 5. The maximum Gasteiger partial charge on any atom is 0.410 e. The second kappa shape index (κ2) is 6.88. The third-order valence-electron chi connectivity index (χ3n) is 4.47. The van der Waals surface area contributed by atoms with Crippen molar-refractivity contribution in [1.82, 2.24) is 9.80 Å². The minimum Gasteiger partial charge on any atom is -0.444 e. The SMILES string of the molecule is C[C@@H]1CN(C[C@@]2(C)CCN(C(=O)OC(C)(C)C)C2)C[C@H](C(N)=O)O1. The fourth-order valence-corrected chi connectivity index (χ4v) is 3.50. The molecule has 7 heteroatoms. The van der Waals surface area contributed by atoms with Crippen LogP contribution in [-0.4, -0.2) is 72.3 Å². The Hall–Kier alpha value is -1.34. The number of primary amides is 1. The molecule has 0 aromatic carbocycles. The molecule has 2 N–H and O–H groups in total. The van der Waals surface area contributed by atoms with Gasteiger partial charge in [0, 0.05) is 32.7 Å². The van der Waals surface area contributed by atoms with Crippen LogP contribution in [0.4, 0.5) is 4.79 Å². The Balaban J connectivity index is 1.93. The lowest BCUT2D eigenvalue weighted by molar-refractivity contribution is -0.143. The molecule has 0 radical (unpaired) electrons. The fourth-order valence-electron chi connectivity index (χ4n) is 3.50. The van der Waals surface area contributed by atoms with Gasteiger partial charge in [-0.2, -0.15) is 0 Å². The Morgan fingerprint density at radius 2 is 2.00 bits per heavy atom. The maximum atomic E-state index is 12.2. The molecule has 2 rings (SSSR count). The smallest absolute Gasteiger partial charge is 0.410 e. The van der Waals surface area contributed by atoms with Gasteiger partial charge in [-0.15, -0.1) is 0 Å². The van der Waals surface area contributed by atoms with Gasteiger partial charge in [0.15, 0.2) is 0 Å². The summed E-state index contributed by atoms with van der Waals surface area (Å²) in [6.07, 6.45) is 0.0830. The average Bonchev–Trinajstić information content (AvgIpc) is 2.78. The van der Waals surface area contributed by atoms with Crippen molar-refractivity contribution in [2.24, 2.45) is 11.1 Å². The fraction of sp³-hybridized carbons (Fsp3) is 0.882. The Bertz CT molecular complexity index is 491. The topological polar surface area (TPSA) is 85.1 Å². The molecule has 24 heavy (non-hydrogen) atoms. The summed E-state index contributed by atoms with van der Waals surface area (Å²) < 4.78 is 11.1. The second-order valence-electron chi connectivity index (χ2n) is 8.49. The molecule has 2 aliphatic heterocycles. The van der Waals surface area contributed by atoms with Gasteiger partial charge in [0.25, 0.3) is 0 Å².